The molecule has 0 heterocycles. The molecule has 0 radical (unpaired) electrons. The third-order valence-corrected chi connectivity index (χ3v) is 4.86. The summed E-state index contributed by atoms with van der Waals surface area (Å²) in [5.41, 5.74) is 2.70. The minimum Gasteiger partial charge on any atom is -0.495 e. The van der Waals surface area contributed by atoms with E-state index in [0.717, 1.165) is 21.3 Å². The Kier molecular flexibility index (Phi) is 6.73. The summed E-state index contributed by atoms with van der Waals surface area (Å²) in [6.45, 7) is 6.08. The van der Waals surface area contributed by atoms with Crippen LogP contribution >= 0.6 is 27.5 Å². The van der Waals surface area contributed by atoms with Gasteiger partial charge in [-0.05, 0) is 54.3 Å². The number of ether oxygens (including phenoxy) is 2. The molecule has 0 bridgehead atoms. The molecule has 0 aliphatic rings. The number of carbonyl (C=O) groups is 1. The molecule has 0 unspecified atom stereocenters. The highest BCUT2D eigenvalue weighted by molar-refractivity contribution is 9.10. The number of hydrogen-bond donors (Lipinski definition) is 1. The number of aryl methyl sites for hydroxylation is 1. The summed E-state index contributed by atoms with van der Waals surface area (Å²) in [5.74, 6) is 1.31. The second-order valence-electron chi connectivity index (χ2n) is 5.98. The van der Waals surface area contributed by atoms with Crippen LogP contribution in [-0.4, -0.2) is 19.6 Å². The van der Waals surface area contributed by atoms with E-state index < -0.39 is 0 Å². The molecule has 0 aliphatic carbocycles. The molecular formula is C19H21BrClNO3. The molecule has 0 aromatic heterocycles. The molecule has 2 rings (SSSR count). The fourth-order valence-corrected chi connectivity index (χ4v) is 2.95. The maximum Gasteiger partial charge on any atom is 0.262 e. The lowest BCUT2D eigenvalue weighted by molar-refractivity contribution is -0.118. The first-order chi connectivity index (χ1) is 11.8. The second-order valence-corrected chi connectivity index (χ2v) is 7.24. The smallest absolute Gasteiger partial charge is 0.262 e. The minimum absolute atomic E-state index is 0.0789. The van der Waals surface area contributed by atoms with E-state index in [9.17, 15) is 4.79 Å². The summed E-state index contributed by atoms with van der Waals surface area (Å²) in [6, 6.07) is 9.05. The van der Waals surface area contributed by atoms with Crippen LogP contribution in [-0.2, 0) is 4.79 Å². The Morgan fingerprint density at radius 1 is 1.24 bits per heavy atom. The van der Waals surface area contributed by atoms with Gasteiger partial charge in [0.25, 0.3) is 5.91 Å². The fraction of sp³-hybridized carbons (Fsp3) is 0.316. The van der Waals surface area contributed by atoms with Gasteiger partial charge in [-0.15, -0.1) is 0 Å². The third kappa shape index (κ3) is 5.13. The topological polar surface area (TPSA) is 47.6 Å². The van der Waals surface area contributed by atoms with Gasteiger partial charge in [-0.1, -0.05) is 41.4 Å². The monoisotopic (exact) mass is 425 g/mol. The average Bonchev–Trinajstić information content (AvgIpc) is 2.55. The van der Waals surface area contributed by atoms with Crippen molar-refractivity contribution in [1.82, 2.24) is 0 Å². The van der Waals surface area contributed by atoms with E-state index in [4.69, 9.17) is 21.1 Å². The summed E-state index contributed by atoms with van der Waals surface area (Å²) in [4.78, 5) is 12.2. The lowest BCUT2D eigenvalue weighted by Crippen LogP contribution is -2.20. The molecule has 0 spiro atoms. The minimum atomic E-state index is -0.253. The Hall–Kier alpha value is -1.72. The Morgan fingerprint density at radius 2 is 1.96 bits per heavy atom. The predicted molar refractivity (Wildman–Crippen MR) is 105 cm³/mol. The van der Waals surface area contributed by atoms with E-state index in [1.165, 1.54) is 0 Å². The number of carbonyl (C=O) groups excluding carboxylic acids is 1. The third-order valence-electron chi connectivity index (χ3n) is 3.71. The summed E-state index contributed by atoms with van der Waals surface area (Å²) >= 11 is 9.60. The lowest BCUT2D eigenvalue weighted by Gasteiger charge is -2.16. The first-order valence-corrected chi connectivity index (χ1v) is 9.05. The number of anilines is 1. The van der Waals surface area contributed by atoms with Crippen molar-refractivity contribution < 1.29 is 14.3 Å². The molecule has 6 heteroatoms. The first kappa shape index (κ1) is 19.6. The van der Waals surface area contributed by atoms with E-state index in [-0.39, 0.29) is 18.4 Å². The highest BCUT2D eigenvalue weighted by atomic mass is 79.9. The predicted octanol–water partition coefficient (Wildman–Crippen LogP) is 5.56. The zero-order valence-corrected chi connectivity index (χ0v) is 17.0. The standard InChI is InChI=1S/C19H21BrClNO3/c1-11(2)14-9-15(20)12(3)7-18(14)25-10-19(23)22-13-5-6-17(24-4)16(21)8-13/h5-9,11H,10H2,1-4H3,(H,22,23). The van der Waals surface area contributed by atoms with E-state index in [1.807, 2.05) is 19.1 Å². The molecular weight excluding hydrogens is 406 g/mol. The number of halogens is 2. The lowest BCUT2D eigenvalue weighted by atomic mass is 10.0. The normalized spacial score (nSPS) is 10.7. The van der Waals surface area contributed by atoms with Crippen LogP contribution in [0, 0.1) is 6.92 Å². The molecule has 0 atom stereocenters. The molecule has 2 aromatic carbocycles. The van der Waals surface area contributed by atoms with Crippen LogP contribution in [0.15, 0.2) is 34.8 Å². The van der Waals surface area contributed by atoms with Gasteiger partial charge in [0.15, 0.2) is 6.61 Å². The van der Waals surface area contributed by atoms with Gasteiger partial charge in [0.2, 0.25) is 0 Å². The maximum atomic E-state index is 12.2. The van der Waals surface area contributed by atoms with Gasteiger partial charge in [-0.3, -0.25) is 4.79 Å². The number of rotatable bonds is 6. The number of benzene rings is 2. The van der Waals surface area contributed by atoms with Crippen LogP contribution in [0.25, 0.3) is 0 Å². The fourth-order valence-electron chi connectivity index (χ4n) is 2.33. The van der Waals surface area contributed by atoms with Crippen molar-refractivity contribution in [2.75, 3.05) is 19.0 Å². The van der Waals surface area contributed by atoms with Crippen molar-refractivity contribution in [1.29, 1.82) is 0 Å². The van der Waals surface area contributed by atoms with Crippen molar-refractivity contribution in [2.24, 2.45) is 0 Å². The van der Waals surface area contributed by atoms with E-state index in [2.05, 4.69) is 35.1 Å². The van der Waals surface area contributed by atoms with Crippen LogP contribution in [0.3, 0.4) is 0 Å². The number of nitrogens with one attached hydrogen (secondary N) is 1. The molecule has 25 heavy (non-hydrogen) atoms. The van der Waals surface area contributed by atoms with E-state index >= 15 is 0 Å². The van der Waals surface area contributed by atoms with Gasteiger partial charge in [0.1, 0.15) is 11.5 Å². The molecule has 4 nitrogen and oxygen atoms in total. The Labute approximate surface area is 161 Å². The van der Waals surface area contributed by atoms with Crippen molar-refractivity contribution >= 4 is 39.1 Å². The van der Waals surface area contributed by atoms with Crippen molar-refractivity contribution in [3.05, 3.63) is 51.0 Å². The number of amides is 1. The highest BCUT2D eigenvalue weighted by Crippen LogP contribution is 2.32. The Balaban J connectivity index is 2.05. The van der Waals surface area contributed by atoms with Crippen LogP contribution in [0.4, 0.5) is 5.69 Å². The van der Waals surface area contributed by atoms with Crippen LogP contribution in [0.5, 0.6) is 11.5 Å². The summed E-state index contributed by atoms with van der Waals surface area (Å²) < 4.78 is 11.9. The molecule has 0 saturated heterocycles. The van der Waals surface area contributed by atoms with Gasteiger partial charge >= 0.3 is 0 Å². The average molecular weight is 427 g/mol. The zero-order valence-electron chi connectivity index (χ0n) is 14.7. The van der Waals surface area contributed by atoms with Crippen LogP contribution < -0.4 is 14.8 Å². The first-order valence-electron chi connectivity index (χ1n) is 7.88. The molecule has 1 amide bonds. The number of hydrogen-bond acceptors (Lipinski definition) is 3. The van der Waals surface area contributed by atoms with Crippen molar-refractivity contribution in [3.63, 3.8) is 0 Å². The largest absolute Gasteiger partial charge is 0.495 e. The van der Waals surface area contributed by atoms with Gasteiger partial charge < -0.3 is 14.8 Å². The SMILES string of the molecule is COc1ccc(NC(=O)COc2cc(C)c(Br)cc2C(C)C)cc1Cl. The maximum absolute atomic E-state index is 12.2. The molecule has 0 aliphatic heterocycles. The van der Waals surface area contributed by atoms with Crippen LogP contribution in [0.1, 0.15) is 30.9 Å². The Morgan fingerprint density at radius 3 is 2.56 bits per heavy atom. The molecule has 134 valence electrons. The Bertz CT molecular complexity index is 778. The van der Waals surface area contributed by atoms with Gasteiger partial charge in [0, 0.05) is 10.2 Å². The van der Waals surface area contributed by atoms with Crippen molar-refractivity contribution in [2.45, 2.75) is 26.7 Å². The summed E-state index contributed by atoms with van der Waals surface area (Å²) in [7, 11) is 1.54. The van der Waals surface area contributed by atoms with Gasteiger partial charge in [0.05, 0.1) is 12.1 Å². The zero-order chi connectivity index (χ0) is 18.6. The van der Waals surface area contributed by atoms with Gasteiger partial charge in [-0.25, -0.2) is 0 Å². The van der Waals surface area contributed by atoms with E-state index in [1.54, 1.807) is 25.3 Å². The highest BCUT2D eigenvalue weighted by Gasteiger charge is 2.13. The molecule has 1 N–H and O–H groups in total. The van der Waals surface area contributed by atoms with Gasteiger partial charge in [-0.2, -0.15) is 0 Å². The van der Waals surface area contributed by atoms with Crippen LogP contribution in [0.2, 0.25) is 5.02 Å². The number of methoxy groups -OCH3 is 1. The quantitative estimate of drug-likeness (QED) is 0.658. The molecule has 0 saturated carbocycles. The molecule has 0 fully saturated rings. The second kappa shape index (κ2) is 8.59. The molecule has 2 aromatic rings. The van der Waals surface area contributed by atoms with E-state index in [0.29, 0.717) is 16.5 Å². The van der Waals surface area contributed by atoms with Crippen molar-refractivity contribution in [3.8, 4) is 11.5 Å². The summed E-state index contributed by atoms with van der Waals surface area (Å²) in [5, 5.41) is 3.20. The summed E-state index contributed by atoms with van der Waals surface area (Å²) in [6.07, 6.45) is 0.